The van der Waals surface area contributed by atoms with Gasteiger partial charge < -0.3 is 14.8 Å². The number of benzene rings is 2. The summed E-state index contributed by atoms with van der Waals surface area (Å²) in [6.07, 6.45) is -4.28. The Bertz CT molecular complexity index is 1250. The third kappa shape index (κ3) is 7.70. The molecule has 0 radical (unpaired) electrons. The van der Waals surface area contributed by atoms with E-state index in [1.807, 2.05) is 24.8 Å². The summed E-state index contributed by atoms with van der Waals surface area (Å²) in [4.78, 5) is 32.8. The molecule has 39 heavy (non-hydrogen) atoms. The maximum atomic E-state index is 13.1. The van der Waals surface area contributed by atoms with Gasteiger partial charge in [-0.25, -0.2) is 9.78 Å². The van der Waals surface area contributed by atoms with Crippen molar-refractivity contribution in [2.75, 3.05) is 26.2 Å². The summed E-state index contributed by atoms with van der Waals surface area (Å²) in [7, 11) is 0. The molecule has 2 aromatic carbocycles. The zero-order valence-corrected chi connectivity index (χ0v) is 21.5. The number of para-hydroxylation sites is 1. The van der Waals surface area contributed by atoms with Gasteiger partial charge in [0, 0.05) is 37.9 Å². The fraction of sp³-hybridized carbons (Fsp3) is 0.321. The first kappa shape index (κ1) is 27.9. The minimum Gasteiger partial charge on any atom is -0.439 e. The molecule has 0 aliphatic carbocycles. The van der Waals surface area contributed by atoms with Crippen molar-refractivity contribution in [2.45, 2.75) is 32.1 Å². The van der Waals surface area contributed by atoms with Gasteiger partial charge in [0.05, 0.1) is 18.2 Å². The van der Waals surface area contributed by atoms with E-state index in [-0.39, 0.29) is 24.4 Å². The molecular formula is C28H29F3N4O4. The van der Waals surface area contributed by atoms with Crippen molar-refractivity contribution in [1.82, 2.24) is 20.1 Å². The van der Waals surface area contributed by atoms with Crippen LogP contribution >= 0.6 is 0 Å². The number of carbonyl (C=O) groups excluding carboxylic acids is 2. The molecule has 1 fully saturated rings. The zero-order valence-electron chi connectivity index (χ0n) is 21.5. The highest BCUT2D eigenvalue weighted by atomic mass is 19.4. The highest BCUT2D eigenvalue weighted by Crippen LogP contribution is 2.31. The Morgan fingerprint density at radius 3 is 2.33 bits per heavy atom. The Labute approximate surface area is 224 Å². The number of halogens is 3. The first-order chi connectivity index (χ1) is 18.6. The molecule has 11 heteroatoms. The van der Waals surface area contributed by atoms with Crippen molar-refractivity contribution < 1.29 is 32.2 Å². The molecule has 2 amide bonds. The Balaban J connectivity index is 1.50. The van der Waals surface area contributed by atoms with Gasteiger partial charge in [-0.15, -0.1) is 0 Å². The van der Waals surface area contributed by atoms with E-state index < -0.39 is 23.9 Å². The molecular weight excluding hydrogens is 513 g/mol. The van der Waals surface area contributed by atoms with Crippen LogP contribution in [0.4, 0.5) is 18.0 Å². The number of ether oxygens (including phenoxy) is 2. The van der Waals surface area contributed by atoms with Crippen molar-refractivity contribution >= 4 is 12.0 Å². The van der Waals surface area contributed by atoms with E-state index in [9.17, 15) is 22.8 Å². The standard InChI is InChI=1S/C28H29F3N4O4/c1-19(2)33-25(36)18-34-14-15-35(27(37)39-22-6-4-3-5-7-22)24(17-34)20-8-11-23(12-9-20)38-26-13-10-21(16-32-26)28(29,30)31/h3-13,16,19,24H,14-15,17-18H2,1-2H3,(H,33,36). The highest BCUT2D eigenvalue weighted by molar-refractivity contribution is 5.78. The van der Waals surface area contributed by atoms with Crippen molar-refractivity contribution in [3.63, 3.8) is 0 Å². The minimum absolute atomic E-state index is 0.0159. The van der Waals surface area contributed by atoms with Gasteiger partial charge in [-0.1, -0.05) is 30.3 Å². The summed E-state index contributed by atoms with van der Waals surface area (Å²) >= 11 is 0. The molecule has 1 unspecified atom stereocenters. The molecule has 1 aliphatic heterocycles. The molecule has 1 saturated heterocycles. The van der Waals surface area contributed by atoms with Crippen LogP contribution in [0.25, 0.3) is 0 Å². The SMILES string of the molecule is CC(C)NC(=O)CN1CCN(C(=O)Oc2ccccc2)C(c2ccc(Oc3ccc(C(F)(F)F)cn3)cc2)C1. The molecule has 0 spiro atoms. The first-order valence-corrected chi connectivity index (χ1v) is 12.4. The van der Waals surface area contributed by atoms with E-state index in [4.69, 9.17) is 9.47 Å². The average molecular weight is 543 g/mol. The molecule has 3 aromatic rings. The summed E-state index contributed by atoms with van der Waals surface area (Å²) in [5, 5.41) is 2.88. The van der Waals surface area contributed by atoms with Gasteiger partial charge in [0.15, 0.2) is 0 Å². The van der Waals surface area contributed by atoms with Gasteiger partial charge >= 0.3 is 12.3 Å². The summed E-state index contributed by atoms with van der Waals surface area (Å²) in [5.41, 5.74) is -0.0849. The van der Waals surface area contributed by atoms with E-state index in [0.717, 1.165) is 17.7 Å². The summed E-state index contributed by atoms with van der Waals surface area (Å²) < 4.78 is 49.6. The third-order valence-electron chi connectivity index (χ3n) is 6.02. The number of carbonyl (C=O) groups is 2. The van der Waals surface area contributed by atoms with Crippen LogP contribution in [0.2, 0.25) is 0 Å². The minimum atomic E-state index is -4.48. The smallest absolute Gasteiger partial charge is 0.417 e. The van der Waals surface area contributed by atoms with E-state index in [0.29, 0.717) is 37.3 Å². The number of hydrogen-bond donors (Lipinski definition) is 1. The van der Waals surface area contributed by atoms with Gasteiger partial charge in [0.25, 0.3) is 0 Å². The number of nitrogens with one attached hydrogen (secondary N) is 1. The zero-order chi connectivity index (χ0) is 28.0. The number of hydrogen-bond acceptors (Lipinski definition) is 6. The number of amides is 2. The predicted molar refractivity (Wildman–Crippen MR) is 137 cm³/mol. The number of nitrogens with zero attached hydrogens (tertiary/aromatic N) is 3. The van der Waals surface area contributed by atoms with Gasteiger partial charge in [-0.05, 0) is 49.7 Å². The van der Waals surface area contributed by atoms with Crippen LogP contribution in [-0.2, 0) is 11.0 Å². The highest BCUT2D eigenvalue weighted by Gasteiger charge is 2.34. The molecule has 206 valence electrons. The molecule has 4 rings (SSSR count). The second-order valence-electron chi connectivity index (χ2n) is 9.40. The van der Waals surface area contributed by atoms with Crippen LogP contribution in [-0.4, -0.2) is 59.0 Å². The Morgan fingerprint density at radius 2 is 1.72 bits per heavy atom. The van der Waals surface area contributed by atoms with Crippen LogP contribution < -0.4 is 14.8 Å². The molecule has 2 heterocycles. The predicted octanol–water partition coefficient (Wildman–Crippen LogP) is 5.28. The summed E-state index contributed by atoms with van der Waals surface area (Å²) in [6, 6.07) is 17.3. The number of piperazine rings is 1. The average Bonchev–Trinajstić information content (AvgIpc) is 2.89. The maximum Gasteiger partial charge on any atom is 0.417 e. The van der Waals surface area contributed by atoms with Crippen LogP contribution in [0.1, 0.15) is 31.0 Å². The van der Waals surface area contributed by atoms with Crippen LogP contribution in [0.5, 0.6) is 17.4 Å². The molecule has 8 nitrogen and oxygen atoms in total. The fourth-order valence-corrected chi connectivity index (χ4v) is 4.19. The van der Waals surface area contributed by atoms with Crippen LogP contribution in [0.15, 0.2) is 72.9 Å². The topological polar surface area (TPSA) is 84.0 Å². The van der Waals surface area contributed by atoms with E-state index in [2.05, 4.69) is 10.3 Å². The van der Waals surface area contributed by atoms with Crippen molar-refractivity contribution in [1.29, 1.82) is 0 Å². The van der Waals surface area contributed by atoms with Gasteiger partial charge in [-0.2, -0.15) is 13.2 Å². The molecule has 1 aliphatic rings. The Kier molecular flexibility index (Phi) is 8.70. The lowest BCUT2D eigenvalue weighted by Crippen LogP contribution is -2.53. The molecule has 1 atom stereocenters. The monoisotopic (exact) mass is 542 g/mol. The number of pyridine rings is 1. The van der Waals surface area contributed by atoms with E-state index >= 15 is 0 Å². The van der Waals surface area contributed by atoms with Crippen LogP contribution in [0, 0.1) is 0 Å². The molecule has 1 N–H and O–H groups in total. The Morgan fingerprint density at radius 1 is 1.00 bits per heavy atom. The van der Waals surface area contributed by atoms with Gasteiger partial charge in [-0.3, -0.25) is 14.6 Å². The van der Waals surface area contributed by atoms with Gasteiger partial charge in [0.2, 0.25) is 11.8 Å². The Hall–Kier alpha value is -4.12. The number of rotatable bonds is 7. The first-order valence-electron chi connectivity index (χ1n) is 12.4. The quantitative estimate of drug-likeness (QED) is 0.438. The normalized spacial score (nSPS) is 16.2. The third-order valence-corrected chi connectivity index (χ3v) is 6.02. The largest absolute Gasteiger partial charge is 0.439 e. The van der Waals surface area contributed by atoms with Crippen LogP contribution in [0.3, 0.4) is 0 Å². The lowest BCUT2D eigenvalue weighted by Gasteiger charge is -2.40. The second-order valence-corrected chi connectivity index (χ2v) is 9.40. The number of alkyl halides is 3. The fourth-order valence-electron chi connectivity index (χ4n) is 4.19. The second kappa shape index (κ2) is 12.2. The lowest BCUT2D eigenvalue weighted by atomic mass is 10.0. The van der Waals surface area contributed by atoms with Crippen molar-refractivity contribution in [3.05, 3.63) is 84.1 Å². The number of aromatic nitrogens is 1. The lowest BCUT2D eigenvalue weighted by molar-refractivity contribution is -0.137. The van der Waals surface area contributed by atoms with E-state index in [1.165, 1.54) is 0 Å². The maximum absolute atomic E-state index is 13.1. The van der Waals surface area contributed by atoms with Gasteiger partial charge in [0.1, 0.15) is 11.5 Å². The van der Waals surface area contributed by atoms with Crippen molar-refractivity contribution in [3.8, 4) is 17.4 Å². The molecule has 1 aromatic heterocycles. The molecule has 0 saturated carbocycles. The summed E-state index contributed by atoms with van der Waals surface area (Å²) in [5.74, 6) is 0.710. The van der Waals surface area contributed by atoms with E-state index in [1.54, 1.807) is 53.4 Å². The molecule has 0 bridgehead atoms. The van der Waals surface area contributed by atoms with Crippen molar-refractivity contribution in [2.24, 2.45) is 0 Å². The summed E-state index contributed by atoms with van der Waals surface area (Å²) in [6.45, 7) is 5.21.